The number of hydrogen-bond donors (Lipinski definition) is 0. The Morgan fingerprint density at radius 1 is 1.09 bits per heavy atom. The fourth-order valence-corrected chi connectivity index (χ4v) is 4.09. The van der Waals surface area contributed by atoms with Crippen molar-refractivity contribution >= 4 is 5.78 Å². The van der Waals surface area contributed by atoms with E-state index in [2.05, 4.69) is 35.4 Å². The van der Waals surface area contributed by atoms with E-state index < -0.39 is 5.54 Å². The fourth-order valence-electron chi connectivity index (χ4n) is 4.09. The number of aryl methyl sites for hydroxylation is 2. The van der Waals surface area contributed by atoms with Crippen molar-refractivity contribution < 1.29 is 4.79 Å². The highest BCUT2D eigenvalue weighted by molar-refractivity contribution is 6.05. The second kappa shape index (κ2) is 5.41. The molecule has 0 N–H and O–H groups in total. The lowest BCUT2D eigenvalue weighted by Crippen LogP contribution is -2.41. The fraction of sp³-hybridized carbons (Fsp3) is 0.350. The van der Waals surface area contributed by atoms with Gasteiger partial charge in [0, 0.05) is 11.5 Å². The molecule has 4 rings (SSSR count). The van der Waals surface area contributed by atoms with E-state index in [1.165, 1.54) is 11.1 Å². The Morgan fingerprint density at radius 3 is 2.74 bits per heavy atom. The van der Waals surface area contributed by atoms with Gasteiger partial charge in [-0.3, -0.25) is 4.79 Å². The Bertz CT molecular complexity index is 796. The third-order valence-corrected chi connectivity index (χ3v) is 5.31. The number of carbonyl (C=O) groups is 1. The Balaban J connectivity index is 1.84. The summed E-state index contributed by atoms with van der Waals surface area (Å²) in [4.78, 5) is 13.4. The smallest absolute Gasteiger partial charge is 0.193 e. The summed E-state index contributed by atoms with van der Waals surface area (Å²) >= 11 is 0. The summed E-state index contributed by atoms with van der Waals surface area (Å²) in [5.74, 6) is 0.211. The predicted molar refractivity (Wildman–Crippen MR) is 90.1 cm³/mol. The van der Waals surface area contributed by atoms with Crippen LogP contribution in [0.25, 0.3) is 0 Å². The number of rotatable bonds is 1. The van der Waals surface area contributed by atoms with Gasteiger partial charge in [0.15, 0.2) is 11.3 Å². The lowest BCUT2D eigenvalue weighted by Gasteiger charge is -2.30. The highest BCUT2D eigenvalue weighted by atomic mass is 16.1. The maximum atomic E-state index is 13.4. The number of Topliss-reactive ketones (excluding diaryl/α,β-unsaturated/α-hetero) is 1. The zero-order valence-electron chi connectivity index (χ0n) is 13.3. The minimum Gasteiger partial charge on any atom is -0.291 e. The van der Waals surface area contributed by atoms with Crippen molar-refractivity contribution in [2.24, 2.45) is 10.2 Å². The number of azo groups is 1. The molecule has 1 aliphatic heterocycles. The van der Waals surface area contributed by atoms with E-state index >= 15 is 0 Å². The number of fused-ring (bicyclic) bond motifs is 1. The summed E-state index contributed by atoms with van der Waals surface area (Å²) in [5, 5.41) is 8.87. The highest BCUT2D eigenvalue weighted by Crippen LogP contribution is 2.45. The molecule has 23 heavy (non-hydrogen) atoms. The van der Waals surface area contributed by atoms with Crippen LogP contribution in [0, 0.1) is 6.92 Å². The minimum absolute atomic E-state index is 0.0577. The lowest BCUT2D eigenvalue weighted by atomic mass is 9.73. The van der Waals surface area contributed by atoms with Gasteiger partial charge in [-0.25, -0.2) is 0 Å². The molecule has 0 amide bonds. The van der Waals surface area contributed by atoms with Gasteiger partial charge in [0.2, 0.25) is 0 Å². The van der Waals surface area contributed by atoms with Crippen LogP contribution in [0.3, 0.4) is 0 Å². The SMILES string of the molecule is Cc1ccccc1[C@H]1CN=N[C@@]12CCCc1ccccc1C2=O. The van der Waals surface area contributed by atoms with Crippen LogP contribution < -0.4 is 0 Å². The van der Waals surface area contributed by atoms with Crippen LogP contribution in [0.5, 0.6) is 0 Å². The lowest BCUT2D eigenvalue weighted by molar-refractivity contribution is 0.0870. The topological polar surface area (TPSA) is 41.8 Å². The van der Waals surface area contributed by atoms with Gasteiger partial charge in [0.05, 0.1) is 6.54 Å². The summed E-state index contributed by atoms with van der Waals surface area (Å²) < 4.78 is 0. The molecule has 2 aromatic carbocycles. The van der Waals surface area contributed by atoms with Crippen molar-refractivity contribution in [1.82, 2.24) is 0 Å². The minimum atomic E-state index is -0.710. The van der Waals surface area contributed by atoms with Crippen molar-refractivity contribution in [1.29, 1.82) is 0 Å². The van der Waals surface area contributed by atoms with Gasteiger partial charge in [-0.2, -0.15) is 10.2 Å². The molecule has 2 atom stereocenters. The van der Waals surface area contributed by atoms with Crippen molar-refractivity contribution in [3.05, 3.63) is 70.8 Å². The monoisotopic (exact) mass is 304 g/mol. The van der Waals surface area contributed by atoms with Crippen LogP contribution in [-0.4, -0.2) is 17.9 Å². The predicted octanol–water partition coefficient (Wildman–Crippen LogP) is 4.50. The molecule has 0 bridgehead atoms. The van der Waals surface area contributed by atoms with E-state index in [0.29, 0.717) is 6.54 Å². The van der Waals surface area contributed by atoms with E-state index in [9.17, 15) is 4.79 Å². The summed E-state index contributed by atoms with van der Waals surface area (Å²) in [6.07, 6.45) is 2.70. The van der Waals surface area contributed by atoms with Gasteiger partial charge < -0.3 is 0 Å². The highest BCUT2D eigenvalue weighted by Gasteiger charge is 2.51. The Morgan fingerprint density at radius 2 is 1.87 bits per heavy atom. The van der Waals surface area contributed by atoms with Crippen molar-refractivity contribution in [3.8, 4) is 0 Å². The van der Waals surface area contributed by atoms with Crippen LogP contribution in [-0.2, 0) is 6.42 Å². The zero-order chi connectivity index (χ0) is 15.9. The van der Waals surface area contributed by atoms with Gasteiger partial charge in [-0.1, -0.05) is 48.5 Å². The molecule has 1 aliphatic carbocycles. The Kier molecular flexibility index (Phi) is 3.37. The molecule has 1 heterocycles. The van der Waals surface area contributed by atoms with Crippen LogP contribution in [0.1, 0.15) is 45.8 Å². The normalized spacial score (nSPS) is 26.3. The van der Waals surface area contributed by atoms with Gasteiger partial charge in [-0.15, -0.1) is 0 Å². The van der Waals surface area contributed by atoms with Gasteiger partial charge in [0.25, 0.3) is 0 Å². The molecule has 0 fully saturated rings. The summed E-state index contributed by atoms with van der Waals surface area (Å²) in [7, 11) is 0. The van der Waals surface area contributed by atoms with Crippen LogP contribution in [0.4, 0.5) is 0 Å². The summed E-state index contributed by atoms with van der Waals surface area (Å²) in [6, 6.07) is 16.3. The van der Waals surface area contributed by atoms with Crippen molar-refractivity contribution in [2.45, 2.75) is 37.6 Å². The molecule has 0 unspecified atom stereocenters. The number of nitrogens with zero attached hydrogens (tertiary/aromatic N) is 2. The molecular formula is C20H20N2O. The first kappa shape index (κ1) is 14.3. The number of ketones is 1. The van der Waals surface area contributed by atoms with Crippen molar-refractivity contribution in [3.63, 3.8) is 0 Å². The van der Waals surface area contributed by atoms with Gasteiger partial charge in [-0.05, 0) is 42.9 Å². The summed E-state index contributed by atoms with van der Waals surface area (Å²) in [5.41, 5.74) is 3.71. The number of benzene rings is 2. The molecule has 2 aromatic rings. The second-order valence-electron chi connectivity index (χ2n) is 6.60. The molecular weight excluding hydrogens is 284 g/mol. The first-order valence-electron chi connectivity index (χ1n) is 8.29. The molecule has 0 aromatic heterocycles. The molecule has 0 saturated carbocycles. The maximum Gasteiger partial charge on any atom is 0.193 e. The molecule has 1 spiro atoms. The third-order valence-electron chi connectivity index (χ3n) is 5.31. The van der Waals surface area contributed by atoms with Crippen LogP contribution in [0.15, 0.2) is 58.8 Å². The standard InChI is InChI=1S/C20H20N2O/c1-14-7-2-4-10-16(14)18-13-21-22-20(18)12-6-9-15-8-3-5-11-17(15)19(20)23/h2-5,7-8,10-11,18H,6,9,12-13H2,1H3/t18-,20+/m1/s1. The zero-order valence-corrected chi connectivity index (χ0v) is 13.3. The Hall–Kier alpha value is -2.29. The van der Waals surface area contributed by atoms with Crippen molar-refractivity contribution in [2.75, 3.05) is 6.54 Å². The second-order valence-corrected chi connectivity index (χ2v) is 6.60. The quantitative estimate of drug-likeness (QED) is 0.764. The average Bonchev–Trinajstić information content (AvgIpc) is 2.93. The van der Waals surface area contributed by atoms with Crippen LogP contribution >= 0.6 is 0 Å². The number of hydrogen-bond acceptors (Lipinski definition) is 3. The summed E-state index contributed by atoms with van der Waals surface area (Å²) in [6.45, 7) is 2.72. The molecule has 3 heteroatoms. The van der Waals surface area contributed by atoms with E-state index in [1.807, 2.05) is 30.3 Å². The van der Waals surface area contributed by atoms with Crippen LogP contribution in [0.2, 0.25) is 0 Å². The molecule has 0 radical (unpaired) electrons. The first-order valence-corrected chi connectivity index (χ1v) is 8.29. The first-order chi connectivity index (χ1) is 11.2. The third kappa shape index (κ3) is 2.14. The van der Waals surface area contributed by atoms with Gasteiger partial charge in [0.1, 0.15) is 0 Å². The van der Waals surface area contributed by atoms with E-state index in [0.717, 1.165) is 30.4 Å². The van der Waals surface area contributed by atoms with E-state index in [-0.39, 0.29) is 11.7 Å². The van der Waals surface area contributed by atoms with E-state index in [4.69, 9.17) is 0 Å². The molecule has 116 valence electrons. The average molecular weight is 304 g/mol. The maximum absolute atomic E-state index is 13.4. The molecule has 2 aliphatic rings. The van der Waals surface area contributed by atoms with E-state index in [1.54, 1.807) is 0 Å². The molecule has 0 saturated heterocycles. The largest absolute Gasteiger partial charge is 0.291 e. The molecule has 3 nitrogen and oxygen atoms in total. The number of carbonyl (C=O) groups excluding carboxylic acids is 1. The Labute approximate surface area is 136 Å². The van der Waals surface area contributed by atoms with Gasteiger partial charge >= 0.3 is 0 Å².